The molecule has 0 bridgehead atoms. The Kier molecular flexibility index (Phi) is 6.54. The van der Waals surface area contributed by atoms with E-state index in [4.69, 9.17) is 4.74 Å². The third-order valence-electron chi connectivity index (χ3n) is 2.43. The van der Waals surface area contributed by atoms with Gasteiger partial charge in [-0.3, -0.25) is 14.9 Å². The highest BCUT2D eigenvalue weighted by atomic mass is 19.1. The van der Waals surface area contributed by atoms with E-state index in [-0.39, 0.29) is 5.56 Å². The van der Waals surface area contributed by atoms with Gasteiger partial charge in [-0.1, -0.05) is 0 Å². The summed E-state index contributed by atoms with van der Waals surface area (Å²) < 4.78 is 18.0. The van der Waals surface area contributed by atoms with E-state index in [9.17, 15) is 19.3 Å². The standard InChI is InChI=1S/C12H16FN3O4/c1-20-5-4-14-2-3-15-12(17)9-6-10(13)8-11(7-9)16(18)19/h6-8,14H,2-5H2,1H3,(H,15,17). The second-order valence-electron chi connectivity index (χ2n) is 3.95. The number of hydrogen-bond acceptors (Lipinski definition) is 5. The van der Waals surface area contributed by atoms with Crippen LogP contribution in [0.1, 0.15) is 10.4 Å². The number of carbonyl (C=O) groups excluding carboxylic acids is 1. The number of benzene rings is 1. The Labute approximate surface area is 115 Å². The predicted molar refractivity (Wildman–Crippen MR) is 70.1 cm³/mol. The first-order valence-electron chi connectivity index (χ1n) is 5.97. The molecule has 0 radical (unpaired) electrons. The molecule has 110 valence electrons. The van der Waals surface area contributed by atoms with Crippen molar-refractivity contribution in [3.05, 3.63) is 39.7 Å². The number of non-ortho nitro benzene ring substituents is 1. The highest BCUT2D eigenvalue weighted by molar-refractivity contribution is 5.94. The number of rotatable bonds is 8. The normalized spacial score (nSPS) is 10.3. The number of nitro benzene ring substituents is 1. The lowest BCUT2D eigenvalue weighted by atomic mass is 10.2. The van der Waals surface area contributed by atoms with E-state index in [1.165, 1.54) is 0 Å². The van der Waals surface area contributed by atoms with Gasteiger partial charge in [0, 0.05) is 38.4 Å². The minimum atomic E-state index is -0.817. The minimum Gasteiger partial charge on any atom is -0.383 e. The number of nitro groups is 1. The van der Waals surface area contributed by atoms with Crippen molar-refractivity contribution in [2.75, 3.05) is 33.4 Å². The maximum absolute atomic E-state index is 13.2. The first-order chi connectivity index (χ1) is 9.54. The molecule has 1 amide bonds. The molecule has 0 fully saturated rings. The van der Waals surface area contributed by atoms with Gasteiger partial charge in [0.2, 0.25) is 0 Å². The van der Waals surface area contributed by atoms with E-state index < -0.39 is 22.3 Å². The van der Waals surface area contributed by atoms with Crippen molar-refractivity contribution < 1.29 is 18.8 Å². The van der Waals surface area contributed by atoms with Gasteiger partial charge in [-0.25, -0.2) is 4.39 Å². The summed E-state index contributed by atoms with van der Waals surface area (Å²) in [5, 5.41) is 16.1. The minimum absolute atomic E-state index is 0.0754. The Hall–Kier alpha value is -2.06. The molecule has 0 aliphatic rings. The SMILES string of the molecule is COCCNCCNC(=O)c1cc(F)cc([N+](=O)[O-])c1. The molecule has 0 unspecified atom stereocenters. The molecule has 0 aliphatic carbocycles. The number of carbonyl (C=O) groups is 1. The maximum Gasteiger partial charge on any atom is 0.273 e. The van der Waals surface area contributed by atoms with Gasteiger partial charge in [-0.05, 0) is 6.07 Å². The van der Waals surface area contributed by atoms with Crippen LogP contribution in [0.4, 0.5) is 10.1 Å². The zero-order valence-electron chi connectivity index (χ0n) is 11.0. The molecule has 0 atom stereocenters. The summed E-state index contributed by atoms with van der Waals surface area (Å²) in [6.07, 6.45) is 0. The van der Waals surface area contributed by atoms with Crippen LogP contribution in [0.5, 0.6) is 0 Å². The molecular formula is C12H16FN3O4. The van der Waals surface area contributed by atoms with Gasteiger partial charge >= 0.3 is 0 Å². The zero-order valence-corrected chi connectivity index (χ0v) is 11.0. The molecule has 2 N–H and O–H groups in total. The number of nitrogens with zero attached hydrogens (tertiary/aromatic N) is 1. The maximum atomic E-state index is 13.2. The molecule has 0 saturated carbocycles. The smallest absolute Gasteiger partial charge is 0.273 e. The molecule has 0 aliphatic heterocycles. The summed E-state index contributed by atoms with van der Waals surface area (Å²) in [6.45, 7) is 2.06. The zero-order chi connectivity index (χ0) is 15.0. The number of ether oxygens (including phenoxy) is 1. The molecule has 0 heterocycles. The van der Waals surface area contributed by atoms with Crippen LogP contribution in [0.25, 0.3) is 0 Å². The first kappa shape index (κ1) is 16.0. The van der Waals surface area contributed by atoms with E-state index in [2.05, 4.69) is 10.6 Å². The average molecular weight is 285 g/mol. The average Bonchev–Trinajstić information content (AvgIpc) is 2.41. The van der Waals surface area contributed by atoms with Crippen LogP contribution in [-0.4, -0.2) is 44.2 Å². The molecular weight excluding hydrogens is 269 g/mol. The largest absolute Gasteiger partial charge is 0.383 e. The van der Waals surface area contributed by atoms with Crippen LogP contribution < -0.4 is 10.6 Å². The van der Waals surface area contributed by atoms with Crippen molar-refractivity contribution in [3.8, 4) is 0 Å². The lowest BCUT2D eigenvalue weighted by molar-refractivity contribution is -0.385. The molecule has 0 aromatic heterocycles. The number of methoxy groups -OCH3 is 1. The quantitative estimate of drug-likeness (QED) is 0.416. The Balaban J connectivity index is 2.49. The van der Waals surface area contributed by atoms with Crippen molar-refractivity contribution in [3.63, 3.8) is 0 Å². The summed E-state index contributed by atoms with van der Waals surface area (Å²) in [4.78, 5) is 21.5. The molecule has 1 rings (SSSR count). The molecule has 7 nitrogen and oxygen atoms in total. The number of amides is 1. The summed E-state index contributed by atoms with van der Waals surface area (Å²) in [5.41, 5.74) is -0.526. The van der Waals surface area contributed by atoms with E-state index in [0.717, 1.165) is 18.2 Å². The van der Waals surface area contributed by atoms with Gasteiger partial charge in [0.05, 0.1) is 17.6 Å². The van der Waals surface area contributed by atoms with Gasteiger partial charge in [-0.15, -0.1) is 0 Å². The third-order valence-corrected chi connectivity index (χ3v) is 2.43. The van der Waals surface area contributed by atoms with Gasteiger partial charge in [0.1, 0.15) is 5.82 Å². The third kappa shape index (κ3) is 5.29. The lowest BCUT2D eigenvalue weighted by Gasteiger charge is -2.06. The van der Waals surface area contributed by atoms with Gasteiger partial charge < -0.3 is 15.4 Å². The Morgan fingerprint density at radius 1 is 1.35 bits per heavy atom. The second kappa shape index (κ2) is 8.18. The summed E-state index contributed by atoms with van der Waals surface area (Å²) >= 11 is 0. The number of nitrogens with one attached hydrogen (secondary N) is 2. The fraction of sp³-hybridized carbons (Fsp3) is 0.417. The predicted octanol–water partition coefficient (Wildman–Crippen LogP) is 0.700. The van der Waals surface area contributed by atoms with Crippen LogP contribution in [-0.2, 0) is 4.74 Å². The fourth-order valence-corrected chi connectivity index (χ4v) is 1.48. The van der Waals surface area contributed by atoms with E-state index in [1.54, 1.807) is 7.11 Å². The number of hydrogen-bond donors (Lipinski definition) is 2. The molecule has 8 heteroatoms. The van der Waals surface area contributed by atoms with Crippen LogP contribution >= 0.6 is 0 Å². The topological polar surface area (TPSA) is 93.5 Å². The lowest BCUT2D eigenvalue weighted by Crippen LogP contribution is -2.33. The van der Waals surface area contributed by atoms with Gasteiger partial charge in [0.15, 0.2) is 0 Å². The molecule has 0 saturated heterocycles. The molecule has 20 heavy (non-hydrogen) atoms. The monoisotopic (exact) mass is 285 g/mol. The highest BCUT2D eigenvalue weighted by Crippen LogP contribution is 2.16. The Morgan fingerprint density at radius 3 is 2.75 bits per heavy atom. The fourth-order valence-electron chi connectivity index (χ4n) is 1.48. The molecule has 0 spiro atoms. The van der Waals surface area contributed by atoms with Crippen molar-refractivity contribution in [2.24, 2.45) is 0 Å². The van der Waals surface area contributed by atoms with Crippen molar-refractivity contribution in [1.82, 2.24) is 10.6 Å². The number of halogens is 1. The van der Waals surface area contributed by atoms with Gasteiger partial charge in [-0.2, -0.15) is 0 Å². The van der Waals surface area contributed by atoms with E-state index >= 15 is 0 Å². The van der Waals surface area contributed by atoms with Crippen LogP contribution in [0.2, 0.25) is 0 Å². The van der Waals surface area contributed by atoms with Crippen molar-refractivity contribution >= 4 is 11.6 Å². The molecule has 1 aromatic carbocycles. The summed E-state index contributed by atoms with van der Waals surface area (Å²) in [5.74, 6) is -1.37. The van der Waals surface area contributed by atoms with Crippen LogP contribution in [0, 0.1) is 15.9 Å². The van der Waals surface area contributed by atoms with E-state index in [1.807, 2.05) is 0 Å². The van der Waals surface area contributed by atoms with Crippen molar-refractivity contribution in [2.45, 2.75) is 0 Å². The summed E-state index contributed by atoms with van der Waals surface area (Å²) in [7, 11) is 1.58. The van der Waals surface area contributed by atoms with Crippen LogP contribution in [0.3, 0.4) is 0 Å². The second-order valence-corrected chi connectivity index (χ2v) is 3.95. The first-order valence-corrected chi connectivity index (χ1v) is 5.97. The van der Waals surface area contributed by atoms with Crippen molar-refractivity contribution in [1.29, 1.82) is 0 Å². The van der Waals surface area contributed by atoms with Crippen LogP contribution in [0.15, 0.2) is 18.2 Å². The Bertz CT molecular complexity index is 482. The van der Waals surface area contributed by atoms with E-state index in [0.29, 0.717) is 26.2 Å². The van der Waals surface area contributed by atoms with Gasteiger partial charge in [0.25, 0.3) is 11.6 Å². The summed E-state index contributed by atoms with van der Waals surface area (Å²) in [6, 6.07) is 2.76. The molecule has 1 aromatic rings. The highest BCUT2D eigenvalue weighted by Gasteiger charge is 2.14. The Morgan fingerprint density at radius 2 is 2.10 bits per heavy atom.